The van der Waals surface area contributed by atoms with Crippen molar-refractivity contribution in [2.75, 3.05) is 5.32 Å². The molecule has 1 unspecified atom stereocenters. The highest BCUT2D eigenvalue weighted by Gasteiger charge is 2.04. The lowest BCUT2D eigenvalue weighted by Crippen LogP contribution is -2.23. The average molecular weight is 213 g/mol. The first-order chi connectivity index (χ1) is 6.58. The summed E-state index contributed by atoms with van der Waals surface area (Å²) in [5.41, 5.74) is 6.23. The Morgan fingerprint density at radius 1 is 1.50 bits per heavy atom. The molecule has 1 aromatic carbocycles. The highest BCUT2D eigenvalue weighted by atomic mass is 35.5. The highest BCUT2D eigenvalue weighted by molar-refractivity contribution is 6.30. The van der Waals surface area contributed by atoms with E-state index in [0.29, 0.717) is 11.4 Å². The molecule has 76 valence electrons. The number of carbonyl (C=O) groups excluding carboxylic acids is 1. The molecule has 0 aliphatic rings. The van der Waals surface area contributed by atoms with Crippen LogP contribution < -0.4 is 11.1 Å². The molecule has 3 N–H and O–H groups in total. The minimum absolute atomic E-state index is 0.0812. The first kappa shape index (κ1) is 11.0. The lowest BCUT2D eigenvalue weighted by atomic mass is 10.2. The molecule has 0 bridgehead atoms. The highest BCUT2D eigenvalue weighted by Crippen LogP contribution is 2.13. The normalized spacial score (nSPS) is 12.2. The van der Waals surface area contributed by atoms with Gasteiger partial charge in [0.2, 0.25) is 5.91 Å². The Labute approximate surface area is 88.2 Å². The van der Waals surface area contributed by atoms with Crippen LogP contribution in [0.1, 0.15) is 13.3 Å². The summed E-state index contributed by atoms with van der Waals surface area (Å²) < 4.78 is 0. The summed E-state index contributed by atoms with van der Waals surface area (Å²) >= 11 is 5.70. The zero-order valence-electron chi connectivity index (χ0n) is 7.96. The van der Waals surface area contributed by atoms with Crippen LogP contribution in [0.15, 0.2) is 24.3 Å². The fourth-order valence-electron chi connectivity index (χ4n) is 1.04. The second kappa shape index (κ2) is 4.98. The van der Waals surface area contributed by atoms with Crippen molar-refractivity contribution in [1.29, 1.82) is 0 Å². The SMILES string of the molecule is CC(N)CC(=O)Nc1ccc(Cl)cc1. The van der Waals surface area contributed by atoms with Crippen LogP contribution in [0.2, 0.25) is 5.02 Å². The fraction of sp³-hybridized carbons (Fsp3) is 0.300. The van der Waals surface area contributed by atoms with E-state index in [4.69, 9.17) is 17.3 Å². The van der Waals surface area contributed by atoms with E-state index in [1.165, 1.54) is 0 Å². The van der Waals surface area contributed by atoms with Crippen LogP contribution >= 0.6 is 11.6 Å². The minimum atomic E-state index is -0.123. The Balaban J connectivity index is 2.52. The molecular formula is C10H13ClN2O. The largest absolute Gasteiger partial charge is 0.327 e. The predicted octanol–water partition coefficient (Wildman–Crippen LogP) is 2.02. The van der Waals surface area contributed by atoms with Gasteiger partial charge in [-0.2, -0.15) is 0 Å². The molecule has 0 aliphatic heterocycles. The van der Waals surface area contributed by atoms with E-state index in [2.05, 4.69) is 5.32 Å². The maximum Gasteiger partial charge on any atom is 0.225 e. The molecule has 0 heterocycles. The lowest BCUT2D eigenvalue weighted by Gasteiger charge is -2.06. The van der Waals surface area contributed by atoms with Gasteiger partial charge < -0.3 is 11.1 Å². The molecule has 0 aliphatic carbocycles. The van der Waals surface area contributed by atoms with E-state index in [-0.39, 0.29) is 11.9 Å². The third-order valence-electron chi connectivity index (χ3n) is 1.64. The van der Waals surface area contributed by atoms with Crippen LogP contribution in [0.4, 0.5) is 5.69 Å². The van der Waals surface area contributed by atoms with Gasteiger partial charge in [0.1, 0.15) is 0 Å². The van der Waals surface area contributed by atoms with Crippen molar-refractivity contribution in [2.45, 2.75) is 19.4 Å². The molecule has 1 amide bonds. The standard InChI is InChI=1S/C10H13ClN2O/c1-7(12)6-10(14)13-9-4-2-8(11)3-5-9/h2-5,7H,6,12H2,1H3,(H,13,14). The summed E-state index contributed by atoms with van der Waals surface area (Å²) in [5.74, 6) is -0.0812. The van der Waals surface area contributed by atoms with Crippen LogP contribution in [-0.4, -0.2) is 11.9 Å². The number of amides is 1. The van der Waals surface area contributed by atoms with Crippen molar-refractivity contribution < 1.29 is 4.79 Å². The fourth-order valence-corrected chi connectivity index (χ4v) is 1.16. The number of nitrogens with two attached hydrogens (primary N) is 1. The molecule has 0 spiro atoms. The molecule has 1 aromatic rings. The number of carbonyl (C=O) groups is 1. The number of hydrogen-bond donors (Lipinski definition) is 2. The van der Waals surface area contributed by atoms with Gasteiger partial charge in [-0.15, -0.1) is 0 Å². The zero-order valence-corrected chi connectivity index (χ0v) is 8.71. The molecule has 1 rings (SSSR count). The molecule has 0 aromatic heterocycles. The topological polar surface area (TPSA) is 55.1 Å². The summed E-state index contributed by atoms with van der Waals surface area (Å²) in [4.78, 5) is 11.3. The third-order valence-corrected chi connectivity index (χ3v) is 1.89. The molecule has 14 heavy (non-hydrogen) atoms. The Bertz CT molecular complexity index is 308. The van der Waals surface area contributed by atoms with Gasteiger partial charge in [-0.05, 0) is 31.2 Å². The Morgan fingerprint density at radius 2 is 2.07 bits per heavy atom. The summed E-state index contributed by atoms with van der Waals surface area (Å²) in [6.45, 7) is 1.79. The maximum absolute atomic E-state index is 11.3. The van der Waals surface area contributed by atoms with E-state index in [1.54, 1.807) is 31.2 Å². The molecule has 0 fully saturated rings. The Morgan fingerprint density at radius 3 is 2.57 bits per heavy atom. The quantitative estimate of drug-likeness (QED) is 0.806. The van der Waals surface area contributed by atoms with Gasteiger partial charge in [-0.1, -0.05) is 11.6 Å². The molecule has 3 nitrogen and oxygen atoms in total. The number of hydrogen-bond acceptors (Lipinski definition) is 2. The van der Waals surface area contributed by atoms with E-state index >= 15 is 0 Å². The molecule has 0 saturated carbocycles. The van der Waals surface area contributed by atoms with E-state index in [1.807, 2.05) is 0 Å². The third kappa shape index (κ3) is 3.77. The molecule has 0 radical (unpaired) electrons. The summed E-state index contributed by atoms with van der Waals surface area (Å²) in [6.07, 6.45) is 0.322. The second-order valence-electron chi connectivity index (χ2n) is 3.24. The predicted molar refractivity (Wildman–Crippen MR) is 58.3 cm³/mol. The Hall–Kier alpha value is -1.06. The van der Waals surface area contributed by atoms with Gasteiger partial charge in [-0.3, -0.25) is 4.79 Å². The summed E-state index contributed by atoms with van der Waals surface area (Å²) in [6, 6.07) is 6.83. The maximum atomic E-state index is 11.3. The monoisotopic (exact) mass is 212 g/mol. The number of nitrogens with one attached hydrogen (secondary N) is 1. The van der Waals surface area contributed by atoms with E-state index in [9.17, 15) is 4.79 Å². The van der Waals surface area contributed by atoms with Crippen LogP contribution in [0.3, 0.4) is 0 Å². The van der Waals surface area contributed by atoms with Crippen molar-refractivity contribution in [1.82, 2.24) is 0 Å². The lowest BCUT2D eigenvalue weighted by molar-refractivity contribution is -0.116. The Kier molecular flexibility index (Phi) is 3.92. The van der Waals surface area contributed by atoms with Gasteiger partial charge in [0.05, 0.1) is 0 Å². The van der Waals surface area contributed by atoms with Crippen LogP contribution in [0.5, 0.6) is 0 Å². The van der Waals surface area contributed by atoms with Crippen LogP contribution in [-0.2, 0) is 4.79 Å². The van der Waals surface area contributed by atoms with Crippen LogP contribution in [0.25, 0.3) is 0 Å². The van der Waals surface area contributed by atoms with Crippen molar-refractivity contribution in [3.63, 3.8) is 0 Å². The number of rotatable bonds is 3. The first-order valence-electron chi connectivity index (χ1n) is 4.39. The number of benzene rings is 1. The second-order valence-corrected chi connectivity index (χ2v) is 3.67. The van der Waals surface area contributed by atoms with Gasteiger partial charge in [0.25, 0.3) is 0 Å². The smallest absolute Gasteiger partial charge is 0.225 e. The van der Waals surface area contributed by atoms with Crippen molar-refractivity contribution >= 4 is 23.2 Å². The molecule has 1 atom stereocenters. The van der Waals surface area contributed by atoms with Crippen molar-refractivity contribution in [3.05, 3.63) is 29.3 Å². The van der Waals surface area contributed by atoms with Gasteiger partial charge >= 0.3 is 0 Å². The zero-order chi connectivity index (χ0) is 10.6. The average Bonchev–Trinajstić information content (AvgIpc) is 2.07. The van der Waals surface area contributed by atoms with Crippen LogP contribution in [0, 0.1) is 0 Å². The summed E-state index contributed by atoms with van der Waals surface area (Å²) in [5, 5.41) is 3.37. The van der Waals surface area contributed by atoms with Crippen molar-refractivity contribution in [2.24, 2.45) is 5.73 Å². The van der Waals surface area contributed by atoms with Gasteiger partial charge in [0, 0.05) is 23.2 Å². The van der Waals surface area contributed by atoms with E-state index < -0.39 is 0 Å². The molecule has 0 saturated heterocycles. The van der Waals surface area contributed by atoms with Crippen molar-refractivity contribution in [3.8, 4) is 0 Å². The molecule has 4 heteroatoms. The number of anilines is 1. The van der Waals surface area contributed by atoms with E-state index in [0.717, 1.165) is 5.69 Å². The first-order valence-corrected chi connectivity index (χ1v) is 4.76. The molecular weight excluding hydrogens is 200 g/mol. The van der Waals surface area contributed by atoms with Gasteiger partial charge in [0.15, 0.2) is 0 Å². The van der Waals surface area contributed by atoms with Gasteiger partial charge in [-0.25, -0.2) is 0 Å². The number of halogens is 1. The minimum Gasteiger partial charge on any atom is -0.327 e. The summed E-state index contributed by atoms with van der Waals surface area (Å²) in [7, 11) is 0.